The number of sulfonamides is 1. The number of hydrogen-bond acceptors (Lipinski definition) is 10. The lowest BCUT2D eigenvalue weighted by Gasteiger charge is -2.34. The SMILES string of the molecule is CCOC(=O)OC(C)N(C(=O)c1c(-c2ccc(C(=O)N[C@@H]3CCCN(c4ncccc4C)C3)cc2)cnn1C)S(C)(=O)=O. The molecule has 0 spiro atoms. The molecule has 2 amide bonds. The molecule has 1 saturated heterocycles. The van der Waals surface area contributed by atoms with E-state index in [1.165, 1.54) is 24.9 Å². The largest absolute Gasteiger partial charge is 0.510 e. The van der Waals surface area contributed by atoms with Crippen LogP contribution in [-0.2, 0) is 26.5 Å². The van der Waals surface area contributed by atoms with Gasteiger partial charge in [-0.25, -0.2) is 18.2 Å². The van der Waals surface area contributed by atoms with Crippen molar-refractivity contribution in [1.82, 2.24) is 24.4 Å². The summed E-state index contributed by atoms with van der Waals surface area (Å²) < 4.78 is 36.6. The predicted octanol–water partition coefficient (Wildman–Crippen LogP) is 3.11. The van der Waals surface area contributed by atoms with Crippen molar-refractivity contribution < 1.29 is 32.3 Å². The van der Waals surface area contributed by atoms with E-state index in [1.54, 1.807) is 37.4 Å². The number of ether oxygens (including phenoxy) is 2. The van der Waals surface area contributed by atoms with Gasteiger partial charge in [0.15, 0.2) is 6.23 Å². The van der Waals surface area contributed by atoms with Crippen molar-refractivity contribution in [3.63, 3.8) is 0 Å². The minimum Gasteiger partial charge on any atom is -0.435 e. The number of benzene rings is 1. The molecule has 0 saturated carbocycles. The summed E-state index contributed by atoms with van der Waals surface area (Å²) in [6.07, 6.45) is 3.21. The smallest absolute Gasteiger partial charge is 0.435 e. The highest BCUT2D eigenvalue weighted by Crippen LogP contribution is 2.27. The molecule has 13 nitrogen and oxygen atoms in total. The summed E-state index contributed by atoms with van der Waals surface area (Å²) in [4.78, 5) is 45.2. The summed E-state index contributed by atoms with van der Waals surface area (Å²) in [5.74, 6) is -0.253. The molecule has 1 aliphatic heterocycles. The number of carbonyl (C=O) groups excluding carboxylic acids is 3. The molecule has 0 bridgehead atoms. The van der Waals surface area contributed by atoms with Crippen LogP contribution in [0.15, 0.2) is 48.8 Å². The Kier molecular flexibility index (Phi) is 9.69. The summed E-state index contributed by atoms with van der Waals surface area (Å²) in [7, 11) is -2.68. The monoisotopic (exact) mass is 612 g/mol. The third kappa shape index (κ3) is 7.31. The van der Waals surface area contributed by atoms with E-state index in [1.807, 2.05) is 19.1 Å². The molecule has 1 unspecified atom stereocenters. The molecule has 14 heteroatoms. The molecule has 4 rings (SSSR count). The van der Waals surface area contributed by atoms with E-state index in [0.717, 1.165) is 37.0 Å². The van der Waals surface area contributed by atoms with Crippen LogP contribution in [0, 0.1) is 6.92 Å². The predicted molar refractivity (Wildman–Crippen MR) is 159 cm³/mol. The fourth-order valence-corrected chi connectivity index (χ4v) is 6.07. The zero-order valence-corrected chi connectivity index (χ0v) is 25.6. The van der Waals surface area contributed by atoms with Gasteiger partial charge >= 0.3 is 6.16 Å². The van der Waals surface area contributed by atoms with Crippen molar-refractivity contribution in [3.8, 4) is 11.1 Å². The fourth-order valence-electron chi connectivity index (χ4n) is 5.10. The van der Waals surface area contributed by atoms with Gasteiger partial charge in [0, 0.05) is 43.5 Å². The number of aromatic nitrogens is 3. The zero-order valence-electron chi connectivity index (χ0n) is 24.8. The van der Waals surface area contributed by atoms with E-state index in [2.05, 4.69) is 20.3 Å². The van der Waals surface area contributed by atoms with Crippen molar-refractivity contribution >= 4 is 33.8 Å². The molecule has 3 heterocycles. The Balaban J connectivity index is 1.50. The van der Waals surface area contributed by atoms with Gasteiger partial charge in [0.25, 0.3) is 11.8 Å². The number of hydrogen-bond donors (Lipinski definition) is 1. The number of amides is 2. The molecule has 43 heavy (non-hydrogen) atoms. The van der Waals surface area contributed by atoms with Crippen molar-refractivity contribution in [2.24, 2.45) is 7.05 Å². The Hall–Kier alpha value is -4.46. The van der Waals surface area contributed by atoms with E-state index in [-0.39, 0.29) is 24.2 Å². The maximum atomic E-state index is 13.6. The van der Waals surface area contributed by atoms with Gasteiger partial charge in [-0.2, -0.15) is 9.40 Å². The number of anilines is 1. The molecular weight excluding hydrogens is 576 g/mol. The molecule has 0 aliphatic carbocycles. The molecule has 1 aliphatic rings. The van der Waals surface area contributed by atoms with Crippen molar-refractivity contribution in [2.75, 3.05) is 30.9 Å². The molecule has 1 N–H and O–H groups in total. The van der Waals surface area contributed by atoms with Gasteiger partial charge in [-0.3, -0.25) is 14.3 Å². The lowest BCUT2D eigenvalue weighted by atomic mass is 10.0. The van der Waals surface area contributed by atoms with Gasteiger partial charge in [-0.15, -0.1) is 0 Å². The van der Waals surface area contributed by atoms with Crippen LogP contribution in [0.3, 0.4) is 0 Å². The van der Waals surface area contributed by atoms with Crippen molar-refractivity contribution in [2.45, 2.75) is 45.9 Å². The van der Waals surface area contributed by atoms with Crippen LogP contribution in [0.5, 0.6) is 0 Å². The molecule has 2 atom stereocenters. The topological polar surface area (TPSA) is 153 Å². The summed E-state index contributed by atoms with van der Waals surface area (Å²) in [6, 6.07) is 10.5. The first-order chi connectivity index (χ1) is 20.4. The first kappa shape index (κ1) is 31.5. The molecular formula is C29H36N6O7S. The molecule has 1 fully saturated rings. The summed E-state index contributed by atoms with van der Waals surface area (Å²) in [6.45, 7) is 6.37. The number of piperidine rings is 1. The molecule has 2 aromatic heterocycles. The van der Waals surface area contributed by atoms with Crippen LogP contribution in [0.4, 0.5) is 10.6 Å². The van der Waals surface area contributed by atoms with E-state index in [4.69, 9.17) is 9.47 Å². The maximum Gasteiger partial charge on any atom is 0.510 e. The van der Waals surface area contributed by atoms with Crippen molar-refractivity contribution in [1.29, 1.82) is 0 Å². The summed E-state index contributed by atoms with van der Waals surface area (Å²) in [5.41, 5.74) is 2.34. The van der Waals surface area contributed by atoms with Gasteiger partial charge < -0.3 is 19.7 Å². The van der Waals surface area contributed by atoms with Gasteiger partial charge in [-0.05, 0) is 62.9 Å². The van der Waals surface area contributed by atoms with Crippen LogP contribution in [0.2, 0.25) is 0 Å². The highest BCUT2D eigenvalue weighted by atomic mass is 32.2. The third-order valence-electron chi connectivity index (χ3n) is 7.05. The Labute approximate surface area is 250 Å². The van der Waals surface area contributed by atoms with Gasteiger partial charge in [-0.1, -0.05) is 18.2 Å². The van der Waals surface area contributed by atoms with Gasteiger partial charge in [0.2, 0.25) is 10.0 Å². The van der Waals surface area contributed by atoms with Crippen molar-refractivity contribution in [3.05, 3.63) is 65.6 Å². The molecule has 0 radical (unpaired) electrons. The first-order valence-electron chi connectivity index (χ1n) is 13.9. The standard InChI is InChI=1S/C29H36N6O7S/c1-6-41-29(38)42-20(3)35(43(5,39)40)28(37)25-24(17-31-33(25)4)21-11-13-22(14-12-21)27(36)32-23-10-8-16-34(18-23)26-19(2)9-7-15-30-26/h7,9,11-15,17,20,23H,6,8,10,16,18H2,1-5H3,(H,32,36)/t20?,23-/m1/s1. The number of nitrogens with zero attached hydrogens (tertiary/aromatic N) is 5. The van der Waals surface area contributed by atoms with Crippen LogP contribution in [-0.4, -0.2) is 83.7 Å². The minimum absolute atomic E-state index is 0.0161. The fraction of sp³-hybridized carbons (Fsp3) is 0.414. The van der Waals surface area contributed by atoms with Gasteiger partial charge in [0.1, 0.15) is 11.5 Å². The highest BCUT2D eigenvalue weighted by Gasteiger charge is 2.36. The number of rotatable bonds is 9. The van der Waals surface area contributed by atoms with Crippen LogP contribution in [0.1, 0.15) is 53.1 Å². The lowest BCUT2D eigenvalue weighted by molar-refractivity contribution is -0.00356. The highest BCUT2D eigenvalue weighted by molar-refractivity contribution is 7.88. The Bertz CT molecular complexity index is 1590. The van der Waals surface area contributed by atoms with Gasteiger partial charge in [0.05, 0.1) is 19.1 Å². The Morgan fingerprint density at radius 2 is 1.91 bits per heavy atom. The molecule has 1 aromatic carbocycles. The van der Waals surface area contributed by atoms with E-state index < -0.39 is 28.3 Å². The van der Waals surface area contributed by atoms with Crippen LogP contribution < -0.4 is 10.2 Å². The number of pyridine rings is 1. The molecule has 3 aromatic rings. The average Bonchev–Trinajstić information content (AvgIpc) is 3.34. The summed E-state index contributed by atoms with van der Waals surface area (Å²) in [5, 5.41) is 7.27. The Morgan fingerprint density at radius 3 is 2.56 bits per heavy atom. The van der Waals surface area contributed by atoms with Crippen LogP contribution in [0.25, 0.3) is 11.1 Å². The summed E-state index contributed by atoms with van der Waals surface area (Å²) >= 11 is 0. The third-order valence-corrected chi connectivity index (χ3v) is 8.23. The maximum absolute atomic E-state index is 13.6. The number of nitrogens with one attached hydrogen (secondary N) is 1. The van der Waals surface area contributed by atoms with E-state index >= 15 is 0 Å². The molecule has 230 valence electrons. The lowest BCUT2D eigenvalue weighted by Crippen LogP contribution is -2.48. The first-order valence-corrected chi connectivity index (χ1v) is 15.7. The van der Waals surface area contributed by atoms with E-state index in [0.29, 0.717) is 27.5 Å². The second-order valence-electron chi connectivity index (χ2n) is 10.3. The number of aryl methyl sites for hydroxylation is 2. The second kappa shape index (κ2) is 13.2. The second-order valence-corrected chi connectivity index (χ2v) is 12.1. The minimum atomic E-state index is -4.17. The van der Waals surface area contributed by atoms with Crippen LogP contribution >= 0.6 is 0 Å². The Morgan fingerprint density at radius 1 is 1.19 bits per heavy atom. The average molecular weight is 613 g/mol. The quantitative estimate of drug-likeness (QED) is 0.282. The normalized spacial score (nSPS) is 15.8. The van der Waals surface area contributed by atoms with E-state index in [9.17, 15) is 22.8 Å². The zero-order chi connectivity index (χ0) is 31.3. The number of carbonyl (C=O) groups is 3.